The fourth-order valence-electron chi connectivity index (χ4n) is 2.26. The van der Waals surface area contributed by atoms with E-state index in [1.807, 2.05) is 30.3 Å². The van der Waals surface area contributed by atoms with E-state index >= 15 is 0 Å². The molecule has 0 saturated carbocycles. The van der Waals surface area contributed by atoms with E-state index in [2.05, 4.69) is 20.6 Å². The lowest BCUT2D eigenvalue weighted by molar-refractivity contribution is 0.390. The van der Waals surface area contributed by atoms with Crippen molar-refractivity contribution < 1.29 is 14.2 Å². The predicted octanol–water partition coefficient (Wildman–Crippen LogP) is 2.59. The number of pyridine rings is 1. The van der Waals surface area contributed by atoms with E-state index in [1.165, 1.54) is 0 Å². The maximum atomic E-state index is 5.41. The molecule has 26 heavy (non-hydrogen) atoms. The standard InChI is InChI=1S/C18H24N4O3.HI/c1-19-18(21-11-13-7-8-20-17(9-13)25-4)22-12-14-5-6-15(23-2)10-16(14)24-3;/h5-10H,11-12H2,1-4H3,(H2,19,21,22);1H. The quantitative estimate of drug-likeness (QED) is 0.367. The predicted molar refractivity (Wildman–Crippen MR) is 113 cm³/mol. The van der Waals surface area contributed by atoms with Gasteiger partial charge in [-0.2, -0.15) is 0 Å². The number of nitrogens with zero attached hydrogens (tertiary/aromatic N) is 2. The summed E-state index contributed by atoms with van der Waals surface area (Å²) in [6, 6.07) is 9.53. The number of rotatable bonds is 7. The highest BCUT2D eigenvalue weighted by Crippen LogP contribution is 2.24. The lowest BCUT2D eigenvalue weighted by Gasteiger charge is -2.14. The zero-order valence-electron chi connectivity index (χ0n) is 15.4. The van der Waals surface area contributed by atoms with Crippen LogP contribution in [-0.4, -0.2) is 39.3 Å². The number of hydrogen-bond acceptors (Lipinski definition) is 5. The Morgan fingerprint density at radius 3 is 2.42 bits per heavy atom. The SMILES string of the molecule is CN=C(NCc1ccnc(OC)c1)NCc1ccc(OC)cc1OC.I. The average Bonchev–Trinajstić information content (AvgIpc) is 2.68. The van der Waals surface area contributed by atoms with E-state index in [1.54, 1.807) is 34.6 Å². The Morgan fingerprint density at radius 1 is 1.00 bits per heavy atom. The Balaban J connectivity index is 0.00000338. The van der Waals surface area contributed by atoms with Gasteiger partial charge in [0.1, 0.15) is 11.5 Å². The van der Waals surface area contributed by atoms with Crippen LogP contribution in [0.5, 0.6) is 17.4 Å². The third-order valence-corrected chi connectivity index (χ3v) is 3.63. The monoisotopic (exact) mass is 472 g/mol. The summed E-state index contributed by atoms with van der Waals surface area (Å²) >= 11 is 0. The van der Waals surface area contributed by atoms with Crippen LogP contribution in [0.3, 0.4) is 0 Å². The van der Waals surface area contributed by atoms with Gasteiger partial charge in [0.05, 0.1) is 21.3 Å². The minimum Gasteiger partial charge on any atom is -0.497 e. The first kappa shape index (κ1) is 21.8. The van der Waals surface area contributed by atoms with Gasteiger partial charge in [-0.1, -0.05) is 0 Å². The van der Waals surface area contributed by atoms with Crippen molar-refractivity contribution >= 4 is 29.9 Å². The minimum atomic E-state index is 0. The van der Waals surface area contributed by atoms with Gasteiger partial charge in [0.2, 0.25) is 5.88 Å². The van der Waals surface area contributed by atoms with Gasteiger partial charge in [-0.05, 0) is 23.8 Å². The topological polar surface area (TPSA) is 77.0 Å². The second-order valence-electron chi connectivity index (χ2n) is 5.16. The first-order valence-electron chi connectivity index (χ1n) is 7.84. The fourth-order valence-corrected chi connectivity index (χ4v) is 2.26. The molecule has 0 radical (unpaired) electrons. The maximum absolute atomic E-state index is 5.41. The highest BCUT2D eigenvalue weighted by molar-refractivity contribution is 14.0. The summed E-state index contributed by atoms with van der Waals surface area (Å²) in [6.45, 7) is 1.19. The number of aromatic nitrogens is 1. The Bertz CT molecular complexity index is 725. The molecular weight excluding hydrogens is 447 g/mol. The summed E-state index contributed by atoms with van der Waals surface area (Å²) in [7, 11) is 6.60. The molecule has 1 aromatic carbocycles. The van der Waals surface area contributed by atoms with Crippen LogP contribution in [0.25, 0.3) is 0 Å². The molecule has 2 aromatic rings. The van der Waals surface area contributed by atoms with Gasteiger partial charge in [0.15, 0.2) is 5.96 Å². The van der Waals surface area contributed by atoms with Crippen LogP contribution in [0.4, 0.5) is 0 Å². The molecule has 1 aromatic heterocycles. The summed E-state index contributed by atoms with van der Waals surface area (Å²) in [5.41, 5.74) is 2.06. The van der Waals surface area contributed by atoms with E-state index in [0.717, 1.165) is 22.6 Å². The zero-order valence-corrected chi connectivity index (χ0v) is 17.7. The van der Waals surface area contributed by atoms with E-state index in [-0.39, 0.29) is 24.0 Å². The van der Waals surface area contributed by atoms with E-state index in [4.69, 9.17) is 14.2 Å². The Morgan fingerprint density at radius 2 is 1.77 bits per heavy atom. The normalized spacial score (nSPS) is 10.5. The summed E-state index contributed by atoms with van der Waals surface area (Å²) in [6.07, 6.45) is 1.72. The number of benzene rings is 1. The second-order valence-corrected chi connectivity index (χ2v) is 5.16. The van der Waals surface area contributed by atoms with Crippen molar-refractivity contribution in [2.24, 2.45) is 4.99 Å². The average molecular weight is 472 g/mol. The summed E-state index contributed by atoms with van der Waals surface area (Å²) in [4.78, 5) is 8.33. The van der Waals surface area contributed by atoms with Crippen molar-refractivity contribution in [1.82, 2.24) is 15.6 Å². The molecule has 0 spiro atoms. The van der Waals surface area contributed by atoms with E-state index < -0.39 is 0 Å². The van der Waals surface area contributed by atoms with Crippen molar-refractivity contribution in [2.45, 2.75) is 13.1 Å². The van der Waals surface area contributed by atoms with Crippen molar-refractivity contribution in [3.05, 3.63) is 47.7 Å². The molecule has 0 aliphatic rings. The minimum absolute atomic E-state index is 0. The molecule has 0 fully saturated rings. The smallest absolute Gasteiger partial charge is 0.213 e. The number of aliphatic imine (C=N–C) groups is 1. The summed E-state index contributed by atoms with van der Waals surface area (Å²) in [5, 5.41) is 6.53. The molecule has 1 heterocycles. The Hall–Kier alpha value is -2.23. The molecule has 142 valence electrons. The highest BCUT2D eigenvalue weighted by atomic mass is 127. The number of nitrogens with one attached hydrogen (secondary N) is 2. The largest absolute Gasteiger partial charge is 0.497 e. The summed E-state index contributed by atoms with van der Waals surface area (Å²) in [5.74, 6) is 2.80. The number of ether oxygens (including phenoxy) is 3. The van der Waals surface area contributed by atoms with Crippen molar-refractivity contribution in [2.75, 3.05) is 28.4 Å². The van der Waals surface area contributed by atoms with Crippen LogP contribution in [0.15, 0.2) is 41.5 Å². The number of methoxy groups -OCH3 is 3. The van der Waals surface area contributed by atoms with Gasteiger partial charge >= 0.3 is 0 Å². The molecule has 0 aliphatic carbocycles. The van der Waals surface area contributed by atoms with Crippen LogP contribution >= 0.6 is 24.0 Å². The number of hydrogen-bond donors (Lipinski definition) is 2. The Kier molecular flexibility index (Phi) is 9.56. The van der Waals surface area contributed by atoms with Gasteiger partial charge in [-0.3, -0.25) is 4.99 Å². The first-order valence-corrected chi connectivity index (χ1v) is 7.84. The third kappa shape index (κ3) is 6.25. The molecule has 0 amide bonds. The first-order chi connectivity index (χ1) is 12.2. The molecule has 8 heteroatoms. The van der Waals surface area contributed by atoms with Crippen LogP contribution < -0.4 is 24.8 Å². The van der Waals surface area contributed by atoms with Crippen LogP contribution in [0, 0.1) is 0 Å². The second kappa shape index (κ2) is 11.4. The number of halogens is 1. The maximum Gasteiger partial charge on any atom is 0.213 e. The van der Waals surface area contributed by atoms with Gasteiger partial charge in [0, 0.05) is 44.0 Å². The van der Waals surface area contributed by atoms with E-state index in [0.29, 0.717) is 24.9 Å². The highest BCUT2D eigenvalue weighted by Gasteiger charge is 2.06. The third-order valence-electron chi connectivity index (χ3n) is 3.63. The molecule has 0 saturated heterocycles. The molecule has 0 bridgehead atoms. The Labute approximate surface area is 171 Å². The molecule has 2 N–H and O–H groups in total. The lowest BCUT2D eigenvalue weighted by Crippen LogP contribution is -2.36. The van der Waals surface area contributed by atoms with Gasteiger partial charge in [0.25, 0.3) is 0 Å². The lowest BCUT2D eigenvalue weighted by atomic mass is 10.2. The molecule has 0 aliphatic heterocycles. The van der Waals surface area contributed by atoms with Gasteiger partial charge < -0.3 is 24.8 Å². The van der Waals surface area contributed by atoms with Gasteiger partial charge in [-0.25, -0.2) is 4.98 Å². The molecule has 0 unspecified atom stereocenters. The van der Waals surface area contributed by atoms with Crippen LogP contribution in [0.2, 0.25) is 0 Å². The van der Waals surface area contributed by atoms with Gasteiger partial charge in [-0.15, -0.1) is 24.0 Å². The molecular formula is C18H25IN4O3. The van der Waals surface area contributed by atoms with E-state index in [9.17, 15) is 0 Å². The zero-order chi connectivity index (χ0) is 18.1. The molecule has 7 nitrogen and oxygen atoms in total. The fraction of sp³-hybridized carbons (Fsp3) is 0.333. The van der Waals surface area contributed by atoms with Crippen molar-refractivity contribution in [3.63, 3.8) is 0 Å². The number of guanidine groups is 1. The van der Waals surface area contributed by atoms with Crippen molar-refractivity contribution in [3.8, 4) is 17.4 Å². The van der Waals surface area contributed by atoms with Crippen molar-refractivity contribution in [1.29, 1.82) is 0 Å². The van der Waals surface area contributed by atoms with Crippen LogP contribution in [0.1, 0.15) is 11.1 Å². The molecule has 2 rings (SSSR count). The molecule has 0 atom stereocenters. The van der Waals surface area contributed by atoms with Crippen LogP contribution in [-0.2, 0) is 13.1 Å². The summed E-state index contributed by atoms with van der Waals surface area (Å²) < 4.78 is 15.7.